The lowest BCUT2D eigenvalue weighted by molar-refractivity contribution is -0.125. The van der Waals surface area contributed by atoms with Crippen LogP contribution in [0.3, 0.4) is 0 Å². The Morgan fingerprint density at radius 1 is 1.37 bits per heavy atom. The highest BCUT2D eigenvalue weighted by Crippen LogP contribution is 2.15. The molecule has 1 saturated heterocycles. The lowest BCUT2D eigenvalue weighted by Crippen LogP contribution is -2.50. The number of nitrogens with one attached hydrogen (secondary N) is 2. The van der Waals surface area contributed by atoms with Crippen LogP contribution in [0, 0.1) is 5.92 Å². The third-order valence-electron chi connectivity index (χ3n) is 3.72. The quantitative estimate of drug-likeness (QED) is 0.763. The van der Waals surface area contributed by atoms with Crippen LogP contribution in [0.2, 0.25) is 0 Å². The molecule has 3 N–H and O–H groups in total. The highest BCUT2D eigenvalue weighted by atomic mass is 16.3. The number of carbonyl (C=O) groups is 1. The lowest BCUT2D eigenvalue weighted by atomic mass is 9.92. The summed E-state index contributed by atoms with van der Waals surface area (Å²) in [6.45, 7) is 3.63. The van der Waals surface area contributed by atoms with Crippen molar-refractivity contribution < 1.29 is 9.90 Å². The molecule has 1 aliphatic rings. The molecule has 1 heterocycles. The molecule has 0 radical (unpaired) electrons. The second kappa shape index (κ2) is 6.68. The van der Waals surface area contributed by atoms with Gasteiger partial charge in [-0.3, -0.25) is 4.79 Å². The van der Waals surface area contributed by atoms with Gasteiger partial charge in [0.15, 0.2) is 0 Å². The summed E-state index contributed by atoms with van der Waals surface area (Å²) in [6.07, 6.45) is 2.25. The molecule has 2 unspecified atom stereocenters. The zero-order chi connectivity index (χ0) is 13.7. The number of aliphatic hydroxyl groups is 1. The maximum atomic E-state index is 12.1. The molecule has 1 aromatic carbocycles. The maximum absolute atomic E-state index is 12.1. The summed E-state index contributed by atoms with van der Waals surface area (Å²) >= 11 is 0. The molecule has 0 bridgehead atoms. The molecule has 104 valence electrons. The average Bonchev–Trinajstić information content (AvgIpc) is 2.46. The first-order valence-corrected chi connectivity index (χ1v) is 6.90. The van der Waals surface area contributed by atoms with Gasteiger partial charge in [-0.25, -0.2) is 0 Å². The monoisotopic (exact) mass is 262 g/mol. The van der Waals surface area contributed by atoms with Gasteiger partial charge in [0.2, 0.25) is 5.91 Å². The lowest BCUT2D eigenvalue weighted by Gasteiger charge is -2.28. The molecule has 1 aromatic rings. The Balaban J connectivity index is 1.85. The van der Waals surface area contributed by atoms with Crippen molar-refractivity contribution in [2.24, 2.45) is 5.92 Å². The van der Waals surface area contributed by atoms with Crippen molar-refractivity contribution in [2.45, 2.75) is 39.0 Å². The van der Waals surface area contributed by atoms with E-state index in [4.69, 9.17) is 5.11 Å². The minimum absolute atomic E-state index is 0.0517. The van der Waals surface area contributed by atoms with Crippen LogP contribution in [-0.2, 0) is 17.9 Å². The molecule has 1 aliphatic heterocycles. The van der Waals surface area contributed by atoms with E-state index in [1.165, 1.54) is 0 Å². The Morgan fingerprint density at radius 2 is 2.05 bits per heavy atom. The first-order valence-electron chi connectivity index (χ1n) is 6.90. The van der Waals surface area contributed by atoms with Crippen molar-refractivity contribution in [3.63, 3.8) is 0 Å². The number of hydrogen-bond donors (Lipinski definition) is 3. The second-order valence-electron chi connectivity index (χ2n) is 5.24. The van der Waals surface area contributed by atoms with Crippen LogP contribution in [0.25, 0.3) is 0 Å². The zero-order valence-electron chi connectivity index (χ0n) is 11.4. The molecule has 19 heavy (non-hydrogen) atoms. The summed E-state index contributed by atoms with van der Waals surface area (Å²) in [5.74, 6) is 0.476. The normalized spacial score (nSPS) is 23.1. The van der Waals surface area contributed by atoms with Gasteiger partial charge in [0.25, 0.3) is 0 Å². The van der Waals surface area contributed by atoms with Crippen molar-refractivity contribution in [2.75, 3.05) is 6.54 Å². The predicted molar refractivity (Wildman–Crippen MR) is 74.4 cm³/mol. The second-order valence-corrected chi connectivity index (χ2v) is 5.24. The first kappa shape index (κ1) is 14.0. The molecular formula is C15H22N2O2. The predicted octanol–water partition coefficient (Wildman–Crippen LogP) is 1.18. The number of aliphatic hydroxyl groups excluding tert-OH is 1. The zero-order valence-corrected chi connectivity index (χ0v) is 11.4. The maximum Gasteiger partial charge on any atom is 0.237 e. The Morgan fingerprint density at radius 3 is 2.68 bits per heavy atom. The topological polar surface area (TPSA) is 61.4 Å². The molecule has 2 atom stereocenters. The standard InChI is InChI=1S/C15H22N2O2/c1-11-3-2-8-16-14(11)15(19)17-9-12-4-6-13(10-18)7-5-12/h4-7,11,14,16,18H,2-3,8-10H2,1H3,(H,17,19). The molecule has 1 fully saturated rings. The summed E-state index contributed by atoms with van der Waals surface area (Å²) in [4.78, 5) is 12.1. The fourth-order valence-electron chi connectivity index (χ4n) is 2.46. The summed E-state index contributed by atoms with van der Waals surface area (Å²) in [5, 5.41) is 15.2. The highest BCUT2D eigenvalue weighted by Gasteiger charge is 2.26. The van der Waals surface area contributed by atoms with Crippen molar-refractivity contribution in [1.82, 2.24) is 10.6 Å². The minimum Gasteiger partial charge on any atom is -0.392 e. The minimum atomic E-state index is -0.0644. The van der Waals surface area contributed by atoms with Gasteiger partial charge in [-0.2, -0.15) is 0 Å². The van der Waals surface area contributed by atoms with Gasteiger partial charge in [0, 0.05) is 6.54 Å². The number of carbonyl (C=O) groups excluding carboxylic acids is 1. The molecule has 0 aliphatic carbocycles. The summed E-state index contributed by atoms with van der Waals surface area (Å²) < 4.78 is 0. The van der Waals surface area contributed by atoms with Gasteiger partial charge < -0.3 is 15.7 Å². The van der Waals surface area contributed by atoms with Crippen LogP contribution >= 0.6 is 0 Å². The van der Waals surface area contributed by atoms with Crippen molar-refractivity contribution in [3.05, 3.63) is 35.4 Å². The summed E-state index contributed by atoms with van der Waals surface area (Å²) in [5.41, 5.74) is 1.94. The largest absolute Gasteiger partial charge is 0.392 e. The number of benzene rings is 1. The van der Waals surface area contributed by atoms with Crippen LogP contribution in [-0.4, -0.2) is 23.6 Å². The van der Waals surface area contributed by atoms with E-state index in [1.54, 1.807) is 0 Å². The van der Waals surface area contributed by atoms with Crippen molar-refractivity contribution in [3.8, 4) is 0 Å². The van der Waals surface area contributed by atoms with Gasteiger partial charge in [-0.05, 0) is 36.4 Å². The SMILES string of the molecule is CC1CCCNC1C(=O)NCc1ccc(CO)cc1. The summed E-state index contributed by atoms with van der Waals surface area (Å²) in [6, 6.07) is 7.56. The van der Waals surface area contributed by atoms with Crippen molar-refractivity contribution in [1.29, 1.82) is 0 Å². The third-order valence-corrected chi connectivity index (χ3v) is 3.72. The van der Waals surface area contributed by atoms with Crippen LogP contribution in [0.5, 0.6) is 0 Å². The Hall–Kier alpha value is -1.39. The summed E-state index contributed by atoms with van der Waals surface area (Å²) in [7, 11) is 0. The van der Waals surface area contributed by atoms with E-state index in [-0.39, 0.29) is 18.6 Å². The average molecular weight is 262 g/mol. The molecule has 4 nitrogen and oxygen atoms in total. The fourth-order valence-corrected chi connectivity index (χ4v) is 2.46. The molecular weight excluding hydrogens is 240 g/mol. The van der Waals surface area contributed by atoms with E-state index in [0.29, 0.717) is 12.5 Å². The molecule has 0 aromatic heterocycles. The van der Waals surface area contributed by atoms with Gasteiger partial charge in [-0.1, -0.05) is 31.2 Å². The van der Waals surface area contributed by atoms with Gasteiger partial charge in [-0.15, -0.1) is 0 Å². The van der Waals surface area contributed by atoms with Crippen LogP contribution in [0.1, 0.15) is 30.9 Å². The van der Waals surface area contributed by atoms with Gasteiger partial charge in [0.1, 0.15) is 0 Å². The van der Waals surface area contributed by atoms with Crippen LogP contribution < -0.4 is 10.6 Å². The highest BCUT2D eigenvalue weighted by molar-refractivity contribution is 5.82. The van der Waals surface area contributed by atoms with E-state index in [2.05, 4.69) is 17.6 Å². The Labute approximate surface area is 114 Å². The molecule has 2 rings (SSSR count). The number of amides is 1. The van der Waals surface area contributed by atoms with E-state index < -0.39 is 0 Å². The van der Waals surface area contributed by atoms with Crippen LogP contribution in [0.4, 0.5) is 0 Å². The fraction of sp³-hybridized carbons (Fsp3) is 0.533. The number of hydrogen-bond acceptors (Lipinski definition) is 3. The van der Waals surface area contributed by atoms with Crippen molar-refractivity contribution >= 4 is 5.91 Å². The Bertz CT molecular complexity index is 417. The Kier molecular flexibility index (Phi) is 4.93. The van der Waals surface area contributed by atoms with E-state index in [1.807, 2.05) is 24.3 Å². The van der Waals surface area contributed by atoms with E-state index >= 15 is 0 Å². The third kappa shape index (κ3) is 3.78. The van der Waals surface area contributed by atoms with Gasteiger partial charge in [0.05, 0.1) is 12.6 Å². The first-order chi connectivity index (χ1) is 9.20. The molecule has 1 amide bonds. The number of piperidine rings is 1. The number of rotatable bonds is 4. The smallest absolute Gasteiger partial charge is 0.237 e. The van der Waals surface area contributed by atoms with E-state index in [0.717, 1.165) is 30.5 Å². The van der Waals surface area contributed by atoms with Crippen LogP contribution in [0.15, 0.2) is 24.3 Å². The molecule has 0 saturated carbocycles. The molecule has 0 spiro atoms. The molecule has 4 heteroatoms. The van der Waals surface area contributed by atoms with E-state index in [9.17, 15) is 4.79 Å². The van der Waals surface area contributed by atoms with Gasteiger partial charge >= 0.3 is 0 Å².